The molecule has 0 radical (unpaired) electrons. The second kappa shape index (κ2) is 13.6. The van der Waals surface area contributed by atoms with Gasteiger partial charge in [-0.1, -0.05) is 158 Å². The van der Waals surface area contributed by atoms with Crippen LogP contribution >= 0.6 is 0 Å². The van der Waals surface area contributed by atoms with E-state index >= 15 is 0 Å². The highest BCUT2D eigenvalue weighted by Crippen LogP contribution is 2.64. The molecule has 3 nitrogen and oxygen atoms in total. The van der Waals surface area contributed by atoms with Crippen LogP contribution in [0.4, 0.5) is 34.1 Å². The summed E-state index contributed by atoms with van der Waals surface area (Å²) in [5.74, 6) is 1.84. The van der Waals surface area contributed by atoms with Crippen LogP contribution in [0.2, 0.25) is 0 Å². The maximum atomic E-state index is 7.22. The van der Waals surface area contributed by atoms with Crippen molar-refractivity contribution in [3.63, 3.8) is 0 Å². The molecule has 12 rings (SSSR count). The van der Waals surface area contributed by atoms with Crippen LogP contribution in [0, 0.1) is 0 Å². The van der Waals surface area contributed by atoms with Gasteiger partial charge in [-0.15, -0.1) is 0 Å². The Bertz CT molecular complexity index is 3110. The zero-order valence-corrected chi connectivity index (χ0v) is 32.7. The Morgan fingerprint density at radius 2 is 0.683 bits per heavy atom. The van der Waals surface area contributed by atoms with E-state index < -0.39 is 5.41 Å². The maximum absolute atomic E-state index is 7.22. The van der Waals surface area contributed by atoms with E-state index in [9.17, 15) is 0 Å². The third-order valence-electron chi connectivity index (χ3n) is 12.5. The van der Waals surface area contributed by atoms with Crippen molar-refractivity contribution < 1.29 is 4.74 Å². The molecule has 10 aromatic carbocycles. The minimum atomic E-state index is -0.642. The van der Waals surface area contributed by atoms with Gasteiger partial charge >= 0.3 is 0 Å². The van der Waals surface area contributed by atoms with Gasteiger partial charge in [0, 0.05) is 56.0 Å². The maximum Gasteiger partial charge on any atom is 0.140 e. The van der Waals surface area contributed by atoms with Crippen molar-refractivity contribution in [2.45, 2.75) is 5.41 Å². The summed E-state index contributed by atoms with van der Waals surface area (Å²) in [4.78, 5) is 4.69. The lowest BCUT2D eigenvalue weighted by molar-refractivity contribution is 0.447. The fraction of sp³-hybridized carbons (Fsp3) is 0.0175. The van der Waals surface area contributed by atoms with E-state index in [-0.39, 0.29) is 0 Å². The highest BCUT2D eigenvalue weighted by molar-refractivity contribution is 6.00. The Balaban J connectivity index is 1.09. The molecule has 0 atom stereocenters. The van der Waals surface area contributed by atoms with Crippen LogP contribution in [0.3, 0.4) is 0 Å². The molecule has 0 fully saturated rings. The van der Waals surface area contributed by atoms with Gasteiger partial charge in [0.2, 0.25) is 0 Å². The highest BCUT2D eigenvalue weighted by atomic mass is 16.5. The molecule has 0 N–H and O–H groups in total. The van der Waals surface area contributed by atoms with E-state index in [1.54, 1.807) is 0 Å². The summed E-state index contributed by atoms with van der Waals surface area (Å²) < 4.78 is 7.22. The van der Waals surface area contributed by atoms with Crippen molar-refractivity contribution in [2.24, 2.45) is 0 Å². The van der Waals surface area contributed by atoms with Crippen molar-refractivity contribution in [1.29, 1.82) is 0 Å². The first-order valence-electron chi connectivity index (χ1n) is 20.6. The number of para-hydroxylation sites is 3. The Labute approximate surface area is 349 Å². The lowest BCUT2D eigenvalue weighted by Gasteiger charge is -2.40. The van der Waals surface area contributed by atoms with Crippen molar-refractivity contribution in [3.8, 4) is 22.6 Å². The minimum Gasteiger partial charge on any atom is -0.455 e. The van der Waals surface area contributed by atoms with Gasteiger partial charge in [0.05, 0.1) is 5.41 Å². The Morgan fingerprint density at radius 1 is 0.283 bits per heavy atom. The average molecular weight is 767 g/mol. The number of nitrogens with zero attached hydrogens (tertiary/aromatic N) is 2. The third kappa shape index (κ3) is 5.09. The molecule has 0 saturated carbocycles. The molecule has 0 aromatic heterocycles. The third-order valence-corrected chi connectivity index (χ3v) is 12.5. The number of hydrogen-bond donors (Lipinski definition) is 0. The highest BCUT2D eigenvalue weighted by Gasteiger charge is 2.52. The van der Waals surface area contributed by atoms with Gasteiger partial charge in [-0.2, -0.15) is 0 Å². The number of fused-ring (bicyclic) bond motifs is 13. The van der Waals surface area contributed by atoms with Crippen LogP contribution in [0.25, 0.3) is 32.7 Å². The van der Waals surface area contributed by atoms with E-state index in [4.69, 9.17) is 4.74 Å². The summed E-state index contributed by atoms with van der Waals surface area (Å²) in [6.45, 7) is 0. The molecular formula is C57H38N2O. The first kappa shape index (κ1) is 34.2. The van der Waals surface area contributed by atoms with Crippen LogP contribution in [-0.2, 0) is 5.41 Å². The van der Waals surface area contributed by atoms with E-state index in [1.807, 2.05) is 0 Å². The van der Waals surface area contributed by atoms with E-state index in [1.165, 1.54) is 22.3 Å². The quantitative estimate of drug-likeness (QED) is 0.168. The Kier molecular flexibility index (Phi) is 7.76. The standard InChI is InChI=1S/C57H38N2O/c1-4-18-41(19-5-1)58(42-20-6-2-7-21-42)44-30-32-45(33-31-44)59(43-22-8-3-9-23-43)46-34-35-50-49-26-14-15-27-51(49)57(54(50)38-46)52-36-28-39-16-10-12-24-47(39)55(52)60-56-48-25-13-11-17-40(48)29-37-53(56)57/h1-38H. The normalized spacial score (nSPS) is 12.9. The molecule has 0 amide bonds. The molecule has 60 heavy (non-hydrogen) atoms. The predicted octanol–water partition coefficient (Wildman–Crippen LogP) is 15.4. The Hall–Kier alpha value is -7.88. The van der Waals surface area contributed by atoms with Crippen LogP contribution in [0.15, 0.2) is 231 Å². The fourth-order valence-corrected chi connectivity index (χ4v) is 9.91. The summed E-state index contributed by atoms with van der Waals surface area (Å²) in [5.41, 5.74) is 13.2. The van der Waals surface area contributed by atoms with Gasteiger partial charge in [0.25, 0.3) is 0 Å². The molecule has 0 unspecified atom stereocenters. The summed E-state index contributed by atoms with van der Waals surface area (Å²) in [6.07, 6.45) is 0. The predicted molar refractivity (Wildman–Crippen MR) is 248 cm³/mol. The number of anilines is 6. The molecule has 10 aromatic rings. The average Bonchev–Trinajstić information content (AvgIpc) is 3.60. The van der Waals surface area contributed by atoms with Gasteiger partial charge in [-0.25, -0.2) is 0 Å². The molecule has 0 saturated heterocycles. The summed E-state index contributed by atoms with van der Waals surface area (Å²) in [7, 11) is 0. The van der Waals surface area contributed by atoms with Crippen molar-refractivity contribution in [3.05, 3.63) is 253 Å². The van der Waals surface area contributed by atoms with Crippen LogP contribution in [0.1, 0.15) is 22.3 Å². The van der Waals surface area contributed by atoms with Crippen molar-refractivity contribution in [1.82, 2.24) is 0 Å². The van der Waals surface area contributed by atoms with Gasteiger partial charge < -0.3 is 14.5 Å². The molecule has 282 valence electrons. The van der Waals surface area contributed by atoms with E-state index in [0.29, 0.717) is 0 Å². The largest absolute Gasteiger partial charge is 0.455 e. The zero-order chi connectivity index (χ0) is 39.6. The lowest BCUT2D eigenvalue weighted by atomic mass is 9.65. The van der Waals surface area contributed by atoms with Crippen molar-refractivity contribution >= 4 is 55.7 Å². The van der Waals surface area contributed by atoms with Gasteiger partial charge in [0.1, 0.15) is 11.5 Å². The van der Waals surface area contributed by atoms with Gasteiger partial charge in [0.15, 0.2) is 0 Å². The first-order chi connectivity index (χ1) is 29.8. The van der Waals surface area contributed by atoms with Crippen LogP contribution in [0.5, 0.6) is 11.5 Å². The monoisotopic (exact) mass is 766 g/mol. The summed E-state index contributed by atoms with van der Waals surface area (Å²) in [6, 6.07) is 83.2. The number of benzene rings is 10. The van der Waals surface area contributed by atoms with Crippen molar-refractivity contribution in [2.75, 3.05) is 9.80 Å². The second-order valence-electron chi connectivity index (χ2n) is 15.6. The lowest BCUT2D eigenvalue weighted by Crippen LogP contribution is -2.32. The smallest absolute Gasteiger partial charge is 0.140 e. The Morgan fingerprint density at radius 3 is 1.22 bits per heavy atom. The molecule has 2 aliphatic rings. The van der Waals surface area contributed by atoms with E-state index in [2.05, 4.69) is 240 Å². The zero-order valence-electron chi connectivity index (χ0n) is 32.7. The molecule has 1 aliphatic carbocycles. The number of ether oxygens (including phenoxy) is 1. The van der Waals surface area contributed by atoms with Gasteiger partial charge in [-0.3, -0.25) is 0 Å². The fourth-order valence-electron chi connectivity index (χ4n) is 9.91. The molecular weight excluding hydrogens is 729 g/mol. The summed E-state index contributed by atoms with van der Waals surface area (Å²) >= 11 is 0. The summed E-state index contributed by atoms with van der Waals surface area (Å²) in [5, 5.41) is 4.54. The first-order valence-corrected chi connectivity index (χ1v) is 20.6. The minimum absolute atomic E-state index is 0.642. The molecule has 1 spiro atoms. The molecule has 1 aliphatic heterocycles. The topological polar surface area (TPSA) is 15.7 Å². The molecule has 3 heteroatoms. The van der Waals surface area contributed by atoms with E-state index in [0.717, 1.165) is 78.3 Å². The second-order valence-corrected chi connectivity index (χ2v) is 15.6. The molecule has 0 bridgehead atoms. The van der Waals surface area contributed by atoms with Crippen LogP contribution in [-0.4, -0.2) is 0 Å². The number of rotatable bonds is 6. The molecule has 1 heterocycles. The van der Waals surface area contributed by atoms with Gasteiger partial charge in [-0.05, 0) is 106 Å². The SMILES string of the molecule is c1ccc(N(c2ccccc2)c2ccc(N(c3ccccc3)c3ccc4c(c3)C3(c5ccccc5-4)c4ccc5ccccc5c4Oc4c3ccc3ccccc43)cc2)cc1. The number of hydrogen-bond acceptors (Lipinski definition) is 3. The van der Waals surface area contributed by atoms with Crippen LogP contribution < -0.4 is 14.5 Å².